The van der Waals surface area contributed by atoms with Crippen LogP contribution in [-0.4, -0.2) is 4.98 Å². The molecule has 0 unspecified atom stereocenters. The lowest BCUT2D eigenvalue weighted by Gasteiger charge is -2.09. The molecule has 0 saturated carbocycles. The van der Waals surface area contributed by atoms with E-state index in [4.69, 9.17) is 40.5 Å². The number of nitrogen functional groups attached to an aromatic ring is 1. The Morgan fingerprint density at radius 1 is 1.06 bits per heavy atom. The minimum atomic E-state index is 0.494. The molecule has 2 rings (SSSR count). The molecule has 0 amide bonds. The first-order valence-electron chi connectivity index (χ1n) is 4.86. The molecule has 1 heterocycles. The van der Waals surface area contributed by atoms with E-state index in [-0.39, 0.29) is 0 Å². The first-order valence-corrected chi connectivity index (χ1v) is 5.99. The number of hydrogen-bond acceptors (Lipinski definition) is 2. The molecular weight excluding hydrogens is 279 g/mol. The molecule has 17 heavy (non-hydrogen) atoms. The molecule has 2 N–H and O–H groups in total. The van der Waals surface area contributed by atoms with Gasteiger partial charge in [0.25, 0.3) is 0 Å². The van der Waals surface area contributed by atoms with Crippen molar-refractivity contribution in [1.29, 1.82) is 0 Å². The maximum absolute atomic E-state index is 6.13. The van der Waals surface area contributed by atoms with Crippen LogP contribution < -0.4 is 5.73 Å². The number of nitrogens with zero attached hydrogens (tertiary/aromatic N) is 1. The number of aromatic nitrogens is 1. The topological polar surface area (TPSA) is 38.9 Å². The molecule has 0 spiro atoms. The first kappa shape index (κ1) is 12.5. The van der Waals surface area contributed by atoms with Gasteiger partial charge in [0.05, 0.1) is 10.0 Å². The second-order valence-corrected chi connectivity index (χ2v) is 4.92. The van der Waals surface area contributed by atoms with E-state index in [0.29, 0.717) is 26.4 Å². The molecule has 0 saturated heterocycles. The Morgan fingerprint density at radius 2 is 1.65 bits per heavy atom. The van der Waals surface area contributed by atoms with Crippen LogP contribution in [0.5, 0.6) is 0 Å². The summed E-state index contributed by atoms with van der Waals surface area (Å²) in [5.41, 5.74) is 8.09. The van der Waals surface area contributed by atoms with Gasteiger partial charge in [0.2, 0.25) is 0 Å². The van der Waals surface area contributed by atoms with E-state index in [1.165, 1.54) is 0 Å². The molecule has 0 radical (unpaired) electrons. The quantitative estimate of drug-likeness (QED) is 0.832. The minimum Gasteiger partial charge on any atom is -0.383 e. The third-order valence-corrected chi connectivity index (χ3v) is 3.23. The van der Waals surface area contributed by atoms with Gasteiger partial charge >= 0.3 is 0 Å². The number of halogens is 3. The molecule has 0 bridgehead atoms. The monoisotopic (exact) mass is 286 g/mol. The van der Waals surface area contributed by atoms with Crippen LogP contribution in [0.3, 0.4) is 0 Å². The highest BCUT2D eigenvalue weighted by Crippen LogP contribution is 2.37. The molecule has 0 aliphatic rings. The number of benzene rings is 1. The van der Waals surface area contributed by atoms with Crippen molar-refractivity contribution >= 4 is 40.6 Å². The SMILES string of the molecule is Cc1cc(-c2c(Cl)cc(Cl)cc2Cl)cnc1N. The van der Waals surface area contributed by atoms with E-state index in [1.54, 1.807) is 18.3 Å². The largest absolute Gasteiger partial charge is 0.383 e. The van der Waals surface area contributed by atoms with E-state index in [1.807, 2.05) is 13.0 Å². The van der Waals surface area contributed by atoms with Gasteiger partial charge in [-0.3, -0.25) is 0 Å². The van der Waals surface area contributed by atoms with E-state index in [2.05, 4.69) is 4.98 Å². The number of pyridine rings is 1. The van der Waals surface area contributed by atoms with Gasteiger partial charge in [-0.15, -0.1) is 0 Å². The molecule has 0 atom stereocenters. The van der Waals surface area contributed by atoms with Crippen LogP contribution >= 0.6 is 34.8 Å². The number of rotatable bonds is 1. The highest BCUT2D eigenvalue weighted by molar-refractivity contribution is 6.41. The van der Waals surface area contributed by atoms with Crippen LogP contribution in [0.25, 0.3) is 11.1 Å². The van der Waals surface area contributed by atoms with Gasteiger partial charge in [-0.1, -0.05) is 34.8 Å². The summed E-state index contributed by atoms with van der Waals surface area (Å²) in [6.07, 6.45) is 1.64. The van der Waals surface area contributed by atoms with E-state index >= 15 is 0 Å². The van der Waals surface area contributed by atoms with Crippen molar-refractivity contribution < 1.29 is 0 Å². The lowest BCUT2D eigenvalue weighted by Crippen LogP contribution is -1.94. The molecule has 1 aromatic carbocycles. The maximum atomic E-state index is 6.13. The second-order valence-electron chi connectivity index (χ2n) is 3.67. The molecule has 0 aliphatic heterocycles. The first-order chi connectivity index (χ1) is 7.99. The van der Waals surface area contributed by atoms with Gasteiger partial charge in [0, 0.05) is 22.3 Å². The van der Waals surface area contributed by atoms with Crippen molar-refractivity contribution in [2.75, 3.05) is 5.73 Å². The van der Waals surface area contributed by atoms with Gasteiger partial charge in [-0.05, 0) is 30.7 Å². The fourth-order valence-electron chi connectivity index (χ4n) is 1.54. The Kier molecular flexibility index (Phi) is 3.48. The molecule has 2 nitrogen and oxygen atoms in total. The Bertz CT molecular complexity index is 559. The lowest BCUT2D eigenvalue weighted by atomic mass is 10.1. The van der Waals surface area contributed by atoms with E-state index in [9.17, 15) is 0 Å². The third-order valence-electron chi connectivity index (χ3n) is 2.41. The van der Waals surface area contributed by atoms with Gasteiger partial charge in [-0.2, -0.15) is 0 Å². The Balaban J connectivity index is 2.64. The number of nitrogens with two attached hydrogens (primary N) is 1. The molecule has 0 fully saturated rings. The highest BCUT2D eigenvalue weighted by Gasteiger charge is 2.11. The summed E-state index contributed by atoms with van der Waals surface area (Å²) in [7, 11) is 0. The summed E-state index contributed by atoms with van der Waals surface area (Å²) in [4.78, 5) is 4.09. The van der Waals surface area contributed by atoms with E-state index < -0.39 is 0 Å². The predicted molar refractivity (Wildman–Crippen MR) is 73.9 cm³/mol. The van der Waals surface area contributed by atoms with Crippen molar-refractivity contribution in [2.45, 2.75) is 6.92 Å². The Hall–Kier alpha value is -0.960. The summed E-state index contributed by atoms with van der Waals surface area (Å²) in [6.45, 7) is 1.88. The third kappa shape index (κ3) is 2.49. The normalized spacial score (nSPS) is 10.6. The smallest absolute Gasteiger partial charge is 0.126 e. The number of anilines is 1. The summed E-state index contributed by atoms with van der Waals surface area (Å²) in [5, 5.41) is 1.49. The van der Waals surface area contributed by atoms with Crippen molar-refractivity contribution in [2.24, 2.45) is 0 Å². The highest BCUT2D eigenvalue weighted by atomic mass is 35.5. The predicted octanol–water partition coefficient (Wildman–Crippen LogP) is 4.60. The van der Waals surface area contributed by atoms with Crippen LogP contribution in [0, 0.1) is 6.92 Å². The standard InChI is InChI=1S/C12H9Cl3N2/c1-6-2-7(5-17-12(6)16)11-9(14)3-8(13)4-10(11)15/h2-5H,1H3,(H2,16,17). The van der Waals surface area contributed by atoms with E-state index in [0.717, 1.165) is 11.1 Å². The second kappa shape index (κ2) is 4.73. The van der Waals surface area contributed by atoms with Crippen LogP contribution in [-0.2, 0) is 0 Å². The average molecular weight is 288 g/mol. The zero-order valence-corrected chi connectivity index (χ0v) is 11.2. The Morgan fingerprint density at radius 3 is 2.18 bits per heavy atom. The number of aryl methyl sites for hydroxylation is 1. The lowest BCUT2D eigenvalue weighted by molar-refractivity contribution is 1.28. The minimum absolute atomic E-state index is 0.494. The van der Waals surface area contributed by atoms with Crippen molar-refractivity contribution in [3.63, 3.8) is 0 Å². The fourth-order valence-corrected chi connectivity index (χ4v) is 2.58. The molecule has 5 heteroatoms. The van der Waals surface area contributed by atoms with Crippen molar-refractivity contribution in [3.8, 4) is 11.1 Å². The van der Waals surface area contributed by atoms with Gasteiger partial charge < -0.3 is 5.73 Å². The molecule has 88 valence electrons. The van der Waals surface area contributed by atoms with Crippen molar-refractivity contribution in [1.82, 2.24) is 4.98 Å². The van der Waals surface area contributed by atoms with Crippen LogP contribution in [0.1, 0.15) is 5.56 Å². The Labute approximate surface area is 114 Å². The molecule has 1 aromatic heterocycles. The zero-order chi connectivity index (χ0) is 12.6. The summed E-state index contributed by atoms with van der Waals surface area (Å²) in [6, 6.07) is 5.19. The zero-order valence-electron chi connectivity index (χ0n) is 8.97. The van der Waals surface area contributed by atoms with Gasteiger partial charge in [0.1, 0.15) is 5.82 Å². The van der Waals surface area contributed by atoms with Crippen LogP contribution in [0.4, 0.5) is 5.82 Å². The summed E-state index contributed by atoms with van der Waals surface area (Å²) < 4.78 is 0. The summed E-state index contributed by atoms with van der Waals surface area (Å²) in [5.74, 6) is 0.495. The van der Waals surface area contributed by atoms with Crippen molar-refractivity contribution in [3.05, 3.63) is 45.0 Å². The average Bonchev–Trinajstić information content (AvgIpc) is 2.21. The number of hydrogen-bond donors (Lipinski definition) is 1. The molecule has 2 aromatic rings. The fraction of sp³-hybridized carbons (Fsp3) is 0.0833. The van der Waals surface area contributed by atoms with Crippen LogP contribution in [0.15, 0.2) is 24.4 Å². The molecular formula is C12H9Cl3N2. The van der Waals surface area contributed by atoms with Crippen LogP contribution in [0.2, 0.25) is 15.1 Å². The van der Waals surface area contributed by atoms with Gasteiger partial charge in [-0.25, -0.2) is 4.98 Å². The van der Waals surface area contributed by atoms with Gasteiger partial charge in [0.15, 0.2) is 0 Å². The maximum Gasteiger partial charge on any atom is 0.126 e. The summed E-state index contributed by atoms with van der Waals surface area (Å²) >= 11 is 18.1. The molecule has 0 aliphatic carbocycles.